The van der Waals surface area contributed by atoms with Gasteiger partial charge in [-0.1, -0.05) is 70.2 Å². The number of alkyl carbamates (subject to hydrolysis) is 1. The number of esters is 1. The first-order valence-electron chi connectivity index (χ1n) is 21.8. The van der Waals surface area contributed by atoms with Crippen LogP contribution in [0.4, 0.5) is 4.79 Å². The Balaban J connectivity index is 1.57. The molecule has 16 nitrogen and oxygen atoms in total. The van der Waals surface area contributed by atoms with Gasteiger partial charge < -0.3 is 24.0 Å². The van der Waals surface area contributed by atoms with Crippen LogP contribution in [0.15, 0.2) is 76.7 Å². The Labute approximate surface area is 381 Å². The molecule has 0 unspecified atom stereocenters. The second kappa shape index (κ2) is 17.2. The lowest BCUT2D eigenvalue weighted by Crippen LogP contribution is -2.50. The summed E-state index contributed by atoms with van der Waals surface area (Å²) in [7, 11) is -0.651. The molecule has 1 amide bonds. The van der Waals surface area contributed by atoms with E-state index in [9.17, 15) is 14.4 Å². The first-order valence-corrected chi connectivity index (χ1v) is 26.1. The summed E-state index contributed by atoms with van der Waals surface area (Å²) in [5.74, 6) is -0.360. The Bertz CT molecular complexity index is 2940. The quantitative estimate of drug-likeness (QED) is 0.0922. The summed E-state index contributed by atoms with van der Waals surface area (Å²) in [6.07, 6.45) is 3.00. The lowest BCUT2D eigenvalue weighted by Gasteiger charge is -2.40. The number of fused-ring (bicyclic) bond motifs is 3. The molecule has 65 heavy (non-hydrogen) atoms. The fourth-order valence-corrected chi connectivity index (χ4v) is 11.4. The van der Waals surface area contributed by atoms with E-state index in [0.717, 1.165) is 5.56 Å². The standard InChI is InChI=1S/C47H61N7O9SSi/c1-28(23-37(55)60-10)29-19-21-30(22-20-29)38-39-41-35(26-48-42(39)54(64(58,59)32-17-15-14-16-18-32)40(38)33-27-51(8)50-43(33)61-11)52(9)45(57)53(41)31-24-34(49-44(56)62-46(2,3)4)36(25-31)63-65(12,13)47(5,6)7/h14-22,26-28,31,34,36H,23-25H2,1-13H3,(H,49,56)/t28-,31+,34+,36-/m1/s1. The number of nitrogens with one attached hydrogen (secondary N) is 1. The van der Waals surface area contributed by atoms with E-state index in [0.29, 0.717) is 46.0 Å². The predicted octanol–water partition coefficient (Wildman–Crippen LogP) is 8.29. The topological polar surface area (TPSA) is 180 Å². The van der Waals surface area contributed by atoms with Gasteiger partial charge in [0.15, 0.2) is 14.0 Å². The molecule has 7 rings (SSSR count). The molecule has 1 saturated carbocycles. The molecule has 0 radical (unpaired) electrons. The molecule has 4 aromatic heterocycles. The van der Waals surface area contributed by atoms with Crippen LogP contribution < -0.4 is 15.7 Å². The van der Waals surface area contributed by atoms with Gasteiger partial charge in [0.25, 0.3) is 10.0 Å². The minimum Gasteiger partial charge on any atom is -0.479 e. The Morgan fingerprint density at radius 2 is 1.63 bits per heavy atom. The molecule has 1 N–H and O–H groups in total. The molecule has 18 heteroatoms. The van der Waals surface area contributed by atoms with Gasteiger partial charge in [-0.25, -0.2) is 27.0 Å². The Hall–Kier alpha value is -5.72. The summed E-state index contributed by atoms with van der Waals surface area (Å²) < 4.78 is 60.2. The third-order valence-electron chi connectivity index (χ3n) is 12.8. The number of ether oxygens (including phenoxy) is 3. The molecule has 348 valence electrons. The molecular weight excluding hydrogens is 867 g/mol. The van der Waals surface area contributed by atoms with Crippen molar-refractivity contribution in [3.05, 3.63) is 83.0 Å². The zero-order valence-corrected chi connectivity index (χ0v) is 41.4. The van der Waals surface area contributed by atoms with E-state index in [-0.39, 0.29) is 51.2 Å². The van der Waals surface area contributed by atoms with Crippen LogP contribution in [0.25, 0.3) is 44.5 Å². The zero-order valence-electron chi connectivity index (χ0n) is 39.5. The highest BCUT2D eigenvalue weighted by atomic mass is 32.2. The van der Waals surface area contributed by atoms with Gasteiger partial charge in [0.2, 0.25) is 5.88 Å². The molecule has 4 heterocycles. The normalized spacial score (nSPS) is 17.7. The van der Waals surface area contributed by atoms with Crippen molar-refractivity contribution in [2.75, 3.05) is 14.2 Å². The van der Waals surface area contributed by atoms with Crippen molar-refractivity contribution in [3.8, 4) is 28.3 Å². The fourth-order valence-electron chi connectivity index (χ4n) is 8.53. The number of methoxy groups -OCH3 is 2. The van der Waals surface area contributed by atoms with Crippen molar-refractivity contribution in [1.29, 1.82) is 0 Å². The summed E-state index contributed by atoms with van der Waals surface area (Å²) >= 11 is 0. The van der Waals surface area contributed by atoms with Crippen molar-refractivity contribution >= 4 is 52.5 Å². The van der Waals surface area contributed by atoms with Crippen molar-refractivity contribution < 1.29 is 36.6 Å². The van der Waals surface area contributed by atoms with Gasteiger partial charge in [-0.2, -0.15) is 0 Å². The average molecular weight is 928 g/mol. The van der Waals surface area contributed by atoms with E-state index in [1.165, 1.54) is 41.1 Å². The van der Waals surface area contributed by atoms with Crippen molar-refractivity contribution in [1.82, 2.24) is 33.2 Å². The smallest absolute Gasteiger partial charge is 0.407 e. The summed E-state index contributed by atoms with van der Waals surface area (Å²) in [4.78, 5) is 45.6. The van der Waals surface area contributed by atoms with Gasteiger partial charge in [-0.3, -0.25) is 18.6 Å². The molecule has 1 fully saturated rings. The number of aromatic nitrogens is 6. The second-order valence-electron chi connectivity index (χ2n) is 19.5. The van der Waals surface area contributed by atoms with Gasteiger partial charge in [-0.15, -0.1) is 5.10 Å². The van der Waals surface area contributed by atoms with Crippen LogP contribution in [0.1, 0.15) is 85.3 Å². The molecule has 0 spiro atoms. The number of rotatable bonds is 12. The minimum atomic E-state index is -4.43. The van der Waals surface area contributed by atoms with Crippen LogP contribution in [0.3, 0.4) is 0 Å². The van der Waals surface area contributed by atoms with E-state index >= 15 is 8.42 Å². The lowest BCUT2D eigenvalue weighted by atomic mass is 9.93. The Morgan fingerprint density at radius 3 is 2.23 bits per heavy atom. The maximum Gasteiger partial charge on any atom is 0.407 e. The van der Waals surface area contributed by atoms with Crippen molar-refractivity contribution in [2.45, 2.75) is 120 Å². The fraction of sp³-hybridized carbons (Fsp3) is 0.468. The minimum absolute atomic E-state index is 0.0179. The van der Waals surface area contributed by atoms with Crippen LogP contribution in [0.5, 0.6) is 5.88 Å². The highest BCUT2D eigenvalue weighted by molar-refractivity contribution is 7.90. The van der Waals surface area contributed by atoms with Gasteiger partial charge in [0, 0.05) is 31.9 Å². The average Bonchev–Trinajstić information content (AvgIpc) is 3.97. The SMILES string of the molecule is COC(=O)C[C@@H](C)c1ccc(-c2c(-c3cn(C)nc3OC)n(S(=O)(=O)c3ccccc3)c3ncc4c(c23)n([C@H]2C[C@H](NC(=O)OC(C)(C)C)[C@H](O[Si](C)(C)C(C)(C)C)C2)c(=O)n4C)cc1. The molecule has 2 aromatic carbocycles. The van der Waals surface area contributed by atoms with Crippen LogP contribution in [-0.4, -0.2) is 88.6 Å². The van der Waals surface area contributed by atoms with Gasteiger partial charge >= 0.3 is 17.8 Å². The van der Waals surface area contributed by atoms with E-state index < -0.39 is 48.2 Å². The number of aryl methyl sites for hydroxylation is 2. The van der Waals surface area contributed by atoms with Crippen LogP contribution >= 0.6 is 0 Å². The number of hydrogen-bond acceptors (Lipinski definition) is 11. The third kappa shape index (κ3) is 8.87. The number of pyridine rings is 1. The second-order valence-corrected chi connectivity index (χ2v) is 26.1. The summed E-state index contributed by atoms with van der Waals surface area (Å²) in [6, 6.07) is 14.6. The monoisotopic (exact) mass is 927 g/mol. The molecule has 1 aliphatic carbocycles. The molecule has 0 saturated heterocycles. The molecule has 0 bridgehead atoms. The molecular formula is C47H61N7O9SSi. The molecule has 4 atom stereocenters. The van der Waals surface area contributed by atoms with E-state index in [1.807, 2.05) is 31.2 Å². The number of carbonyl (C=O) groups excluding carboxylic acids is 2. The van der Waals surface area contributed by atoms with Crippen molar-refractivity contribution in [3.63, 3.8) is 0 Å². The largest absolute Gasteiger partial charge is 0.479 e. The summed E-state index contributed by atoms with van der Waals surface area (Å²) in [5, 5.41) is 7.89. The third-order valence-corrected chi connectivity index (χ3v) is 19.0. The maximum atomic E-state index is 15.3. The summed E-state index contributed by atoms with van der Waals surface area (Å²) in [6.45, 7) is 18.1. The Morgan fingerprint density at radius 1 is 0.969 bits per heavy atom. The van der Waals surface area contributed by atoms with E-state index in [4.69, 9.17) is 23.6 Å². The number of amides is 1. The van der Waals surface area contributed by atoms with E-state index in [2.05, 4.69) is 44.3 Å². The van der Waals surface area contributed by atoms with Gasteiger partial charge in [-0.05, 0) is 80.9 Å². The van der Waals surface area contributed by atoms with Crippen LogP contribution in [0.2, 0.25) is 18.1 Å². The maximum absolute atomic E-state index is 15.3. The molecule has 1 aliphatic rings. The van der Waals surface area contributed by atoms with E-state index in [1.54, 1.807) is 68.5 Å². The van der Waals surface area contributed by atoms with Gasteiger partial charge in [0.1, 0.15) is 5.60 Å². The molecule has 6 aromatic rings. The van der Waals surface area contributed by atoms with Crippen LogP contribution in [0, 0.1) is 0 Å². The highest BCUT2D eigenvalue weighted by Gasteiger charge is 2.46. The number of benzene rings is 2. The Kier molecular flexibility index (Phi) is 12.5. The number of nitrogens with zero attached hydrogens (tertiary/aromatic N) is 6. The predicted molar refractivity (Wildman–Crippen MR) is 252 cm³/mol. The molecule has 0 aliphatic heterocycles. The van der Waals surface area contributed by atoms with Crippen LogP contribution in [-0.2, 0) is 42.8 Å². The van der Waals surface area contributed by atoms with Crippen molar-refractivity contribution in [2.24, 2.45) is 14.1 Å². The summed E-state index contributed by atoms with van der Waals surface area (Å²) in [5.41, 5.74) is 2.44. The number of carbonyl (C=O) groups is 2. The first kappa shape index (κ1) is 47.2. The first-order chi connectivity index (χ1) is 30.4. The highest BCUT2D eigenvalue weighted by Crippen LogP contribution is 2.49. The lowest BCUT2D eigenvalue weighted by molar-refractivity contribution is -0.141. The van der Waals surface area contributed by atoms with Gasteiger partial charge in [0.05, 0.1) is 71.6 Å². The number of imidazole rings is 1. The zero-order chi connectivity index (χ0) is 47.6. The number of hydrogen-bond donors (Lipinski definition) is 1.